The Morgan fingerprint density at radius 2 is 1.61 bits per heavy atom. The number of ether oxygens (including phenoxy) is 1. The number of phenols is 1. The summed E-state index contributed by atoms with van der Waals surface area (Å²) in [6.07, 6.45) is -1.19. The second-order valence-electron chi connectivity index (χ2n) is 10.3. The molecule has 0 saturated heterocycles. The number of amides is 1. The van der Waals surface area contributed by atoms with E-state index >= 15 is 0 Å². The summed E-state index contributed by atoms with van der Waals surface area (Å²) in [5.74, 6) is 0.595. The summed E-state index contributed by atoms with van der Waals surface area (Å²) < 4.78 is 6.07. The molecule has 0 fully saturated rings. The lowest BCUT2D eigenvalue weighted by Gasteiger charge is -2.19. The van der Waals surface area contributed by atoms with Crippen molar-refractivity contribution < 1.29 is 34.8 Å². The highest BCUT2D eigenvalue weighted by molar-refractivity contribution is 5.87. The van der Waals surface area contributed by atoms with Crippen LogP contribution in [0.1, 0.15) is 40.0 Å². The number of nitrogens with one attached hydrogen (secondary N) is 3. The summed E-state index contributed by atoms with van der Waals surface area (Å²) in [7, 11) is 0. The van der Waals surface area contributed by atoms with E-state index in [-0.39, 0.29) is 17.8 Å². The Morgan fingerprint density at radius 1 is 0.891 bits per heavy atom. The highest BCUT2D eigenvalue weighted by Gasteiger charge is 2.17. The third kappa shape index (κ3) is 9.18. The van der Waals surface area contributed by atoms with Crippen molar-refractivity contribution in [3.05, 3.63) is 141 Å². The third-order valence-corrected chi connectivity index (χ3v) is 7.18. The Labute approximate surface area is 264 Å². The van der Waals surface area contributed by atoms with Crippen molar-refractivity contribution in [3.63, 3.8) is 0 Å². The van der Waals surface area contributed by atoms with Crippen LogP contribution < -0.4 is 20.9 Å². The van der Waals surface area contributed by atoms with E-state index in [0.29, 0.717) is 41.9 Å². The molecule has 0 saturated carbocycles. The number of aromatic amines is 1. The number of fused-ring (bicyclic) bond motifs is 1. The van der Waals surface area contributed by atoms with Crippen LogP contribution >= 0.6 is 0 Å². The Balaban J connectivity index is 0.00000154. The van der Waals surface area contributed by atoms with Crippen LogP contribution in [-0.4, -0.2) is 51.1 Å². The highest BCUT2D eigenvalue weighted by atomic mass is 16.5. The van der Waals surface area contributed by atoms with E-state index in [1.165, 1.54) is 12.1 Å². The SMILES string of the molecule is O=C(O)NC(c1ccccc1)c1cccc(OCc2cccc(CCNC[C@H](O)c3ccc(O)c4[nH]c(=O)ccc34)c2)c1.O=CO. The lowest BCUT2D eigenvalue weighted by Crippen LogP contribution is -2.27. The van der Waals surface area contributed by atoms with E-state index < -0.39 is 18.2 Å². The molecule has 0 aliphatic carbocycles. The molecule has 1 unspecified atom stereocenters. The molecule has 2 atom stereocenters. The van der Waals surface area contributed by atoms with Gasteiger partial charge >= 0.3 is 6.09 Å². The van der Waals surface area contributed by atoms with Crippen LogP contribution in [0, 0.1) is 0 Å². The van der Waals surface area contributed by atoms with Crippen molar-refractivity contribution in [1.82, 2.24) is 15.6 Å². The molecule has 4 aromatic carbocycles. The largest absolute Gasteiger partial charge is 0.506 e. The molecule has 0 radical (unpaired) electrons. The quantitative estimate of drug-likeness (QED) is 0.0761. The number of hydrogen-bond donors (Lipinski definition) is 7. The van der Waals surface area contributed by atoms with Crippen molar-refractivity contribution in [2.75, 3.05) is 13.1 Å². The van der Waals surface area contributed by atoms with Gasteiger partial charge in [-0.05, 0) is 65.0 Å². The first-order valence-electron chi connectivity index (χ1n) is 14.5. The molecule has 0 aliphatic heterocycles. The van der Waals surface area contributed by atoms with Gasteiger partial charge in [0.1, 0.15) is 18.1 Å². The molecule has 1 amide bonds. The number of carbonyl (C=O) groups is 2. The number of aliphatic hydroxyl groups is 1. The van der Waals surface area contributed by atoms with Crippen LogP contribution in [0.25, 0.3) is 10.9 Å². The molecular formula is C35H35N3O8. The standard InChI is InChI=1S/C34H33N3O6.CH2O2/c38-29-14-12-27(28-13-15-31(40)36-33(28)29)30(39)20-35-17-16-22-6-4-7-23(18-22)21-43-26-11-5-10-25(19-26)32(37-34(41)42)24-8-2-1-3-9-24;2-1-3/h1-15,18-19,30,32,35,37-39H,16-17,20-21H2,(H,36,40)(H,41,42);1H,(H,2,3)/t30-,32?;/m0./s1. The zero-order valence-electron chi connectivity index (χ0n) is 24.8. The van der Waals surface area contributed by atoms with Gasteiger partial charge in [0.25, 0.3) is 6.47 Å². The summed E-state index contributed by atoms with van der Waals surface area (Å²) in [6.45, 7) is 1.04. The molecule has 11 nitrogen and oxygen atoms in total. The number of rotatable bonds is 12. The van der Waals surface area contributed by atoms with Gasteiger partial charge in [-0.25, -0.2) is 4.79 Å². The van der Waals surface area contributed by atoms with Crippen LogP contribution in [-0.2, 0) is 17.8 Å². The van der Waals surface area contributed by atoms with Gasteiger partial charge in [0, 0.05) is 18.0 Å². The van der Waals surface area contributed by atoms with E-state index in [4.69, 9.17) is 14.6 Å². The molecule has 0 aliphatic rings. The maximum atomic E-state index is 11.6. The molecule has 46 heavy (non-hydrogen) atoms. The summed E-state index contributed by atoms with van der Waals surface area (Å²) in [5, 5.41) is 43.6. The number of phenolic OH excluding ortho intramolecular Hbond substituents is 1. The van der Waals surface area contributed by atoms with Crippen LogP contribution in [0.2, 0.25) is 0 Å². The number of benzene rings is 4. The number of aromatic hydroxyl groups is 1. The summed E-state index contributed by atoms with van der Waals surface area (Å²) in [5.41, 5.74) is 4.33. The lowest BCUT2D eigenvalue weighted by atomic mass is 9.98. The topological polar surface area (TPSA) is 181 Å². The minimum Gasteiger partial charge on any atom is -0.506 e. The smallest absolute Gasteiger partial charge is 0.405 e. The lowest BCUT2D eigenvalue weighted by molar-refractivity contribution is -0.122. The fraction of sp³-hybridized carbons (Fsp3) is 0.171. The van der Waals surface area contributed by atoms with Gasteiger partial charge in [-0.3, -0.25) is 9.59 Å². The van der Waals surface area contributed by atoms with Gasteiger partial charge in [0.15, 0.2) is 0 Å². The van der Waals surface area contributed by atoms with Crippen LogP contribution in [0.5, 0.6) is 11.5 Å². The van der Waals surface area contributed by atoms with Crippen molar-refractivity contribution in [3.8, 4) is 11.5 Å². The van der Waals surface area contributed by atoms with Gasteiger partial charge in [-0.15, -0.1) is 0 Å². The van der Waals surface area contributed by atoms with Gasteiger partial charge in [-0.1, -0.05) is 72.8 Å². The monoisotopic (exact) mass is 625 g/mol. The molecule has 5 rings (SSSR count). The number of carboxylic acid groups (broad SMARTS) is 2. The molecular weight excluding hydrogens is 590 g/mol. The minimum atomic E-state index is -1.10. The average Bonchev–Trinajstić information content (AvgIpc) is 3.06. The fourth-order valence-corrected chi connectivity index (χ4v) is 5.08. The van der Waals surface area contributed by atoms with E-state index in [1.54, 1.807) is 12.1 Å². The third-order valence-electron chi connectivity index (χ3n) is 7.18. The van der Waals surface area contributed by atoms with Gasteiger partial charge in [0.05, 0.1) is 17.7 Å². The molecule has 1 heterocycles. The normalized spacial score (nSPS) is 11.9. The molecule has 238 valence electrons. The number of pyridine rings is 1. The maximum absolute atomic E-state index is 11.6. The highest BCUT2D eigenvalue weighted by Crippen LogP contribution is 2.29. The second kappa shape index (κ2) is 16.4. The van der Waals surface area contributed by atoms with Crippen LogP contribution in [0.3, 0.4) is 0 Å². The Morgan fingerprint density at radius 3 is 2.37 bits per heavy atom. The average molecular weight is 626 g/mol. The molecule has 0 bridgehead atoms. The number of aromatic nitrogens is 1. The van der Waals surface area contributed by atoms with E-state index in [2.05, 4.69) is 21.7 Å². The van der Waals surface area contributed by atoms with Crippen molar-refractivity contribution >= 4 is 23.5 Å². The molecule has 7 N–H and O–H groups in total. The first-order valence-corrected chi connectivity index (χ1v) is 14.5. The Kier molecular flexibility index (Phi) is 11.9. The van der Waals surface area contributed by atoms with Gasteiger partial charge in [0.2, 0.25) is 5.56 Å². The number of H-pyrrole nitrogens is 1. The predicted octanol–water partition coefficient (Wildman–Crippen LogP) is 4.74. The molecule has 1 aromatic heterocycles. The van der Waals surface area contributed by atoms with Crippen LogP contribution in [0.4, 0.5) is 4.79 Å². The first kappa shape index (κ1) is 33.2. The summed E-state index contributed by atoms with van der Waals surface area (Å²) in [4.78, 5) is 34.1. The van der Waals surface area contributed by atoms with Gasteiger partial charge < -0.3 is 40.8 Å². The number of hydrogen-bond acceptors (Lipinski definition) is 7. The molecule has 0 spiro atoms. The fourth-order valence-electron chi connectivity index (χ4n) is 5.08. The Bertz CT molecular complexity index is 1810. The van der Waals surface area contributed by atoms with E-state index in [9.17, 15) is 24.9 Å². The summed E-state index contributed by atoms with van der Waals surface area (Å²) >= 11 is 0. The second-order valence-corrected chi connectivity index (χ2v) is 10.3. The van der Waals surface area contributed by atoms with Crippen molar-refractivity contribution in [1.29, 1.82) is 0 Å². The van der Waals surface area contributed by atoms with E-state index in [1.807, 2.05) is 72.8 Å². The van der Waals surface area contributed by atoms with Gasteiger partial charge in [-0.2, -0.15) is 0 Å². The molecule has 5 aromatic rings. The first-order chi connectivity index (χ1) is 22.3. The van der Waals surface area contributed by atoms with Crippen LogP contribution in [0.15, 0.2) is 108 Å². The minimum absolute atomic E-state index is 0.0419. The Hall–Kier alpha value is -5.65. The summed E-state index contributed by atoms with van der Waals surface area (Å²) in [6, 6.07) is 30.5. The van der Waals surface area contributed by atoms with Crippen molar-refractivity contribution in [2.24, 2.45) is 0 Å². The number of aliphatic hydroxyl groups excluding tert-OH is 1. The molecule has 11 heteroatoms. The predicted molar refractivity (Wildman–Crippen MR) is 173 cm³/mol. The zero-order chi connectivity index (χ0) is 32.9. The zero-order valence-corrected chi connectivity index (χ0v) is 24.8. The van der Waals surface area contributed by atoms with Crippen molar-refractivity contribution in [2.45, 2.75) is 25.2 Å². The maximum Gasteiger partial charge on any atom is 0.405 e. The van der Waals surface area contributed by atoms with E-state index in [0.717, 1.165) is 28.7 Å².